The second-order valence-electron chi connectivity index (χ2n) is 4.70. The Bertz CT molecular complexity index is 222. The molecule has 15 heavy (non-hydrogen) atoms. The molecule has 1 heterocycles. The Morgan fingerprint density at radius 3 is 2.80 bits per heavy atom. The van der Waals surface area contributed by atoms with Crippen LogP contribution in [0.3, 0.4) is 0 Å². The Kier molecular flexibility index (Phi) is 4.03. The molecular formula is C12H22N2O. The molecule has 3 N–H and O–H groups in total. The van der Waals surface area contributed by atoms with Crippen molar-refractivity contribution in [3.05, 3.63) is 11.8 Å². The Balaban J connectivity index is 1.83. The van der Waals surface area contributed by atoms with E-state index in [1.165, 1.54) is 32.1 Å². The lowest BCUT2D eigenvalue weighted by Crippen LogP contribution is -2.38. The van der Waals surface area contributed by atoms with Gasteiger partial charge in [0.2, 0.25) is 0 Å². The third-order valence-electron chi connectivity index (χ3n) is 3.57. The van der Waals surface area contributed by atoms with Crippen LogP contribution in [0.2, 0.25) is 0 Å². The summed E-state index contributed by atoms with van der Waals surface area (Å²) in [7, 11) is 0. The number of nitrogens with one attached hydrogen (secondary N) is 1. The van der Waals surface area contributed by atoms with E-state index in [4.69, 9.17) is 10.6 Å². The lowest BCUT2D eigenvalue weighted by atomic mass is 9.84. The van der Waals surface area contributed by atoms with Crippen LogP contribution in [0.5, 0.6) is 0 Å². The summed E-state index contributed by atoms with van der Waals surface area (Å²) in [5.41, 5.74) is 2.90. The molecule has 1 aliphatic heterocycles. The van der Waals surface area contributed by atoms with Crippen molar-refractivity contribution < 1.29 is 4.74 Å². The van der Waals surface area contributed by atoms with Crippen molar-refractivity contribution in [3.63, 3.8) is 0 Å². The van der Waals surface area contributed by atoms with Gasteiger partial charge in [0.1, 0.15) is 5.76 Å². The van der Waals surface area contributed by atoms with Crippen molar-refractivity contribution in [1.29, 1.82) is 0 Å². The Labute approximate surface area is 92.0 Å². The first-order chi connectivity index (χ1) is 7.40. The van der Waals surface area contributed by atoms with Gasteiger partial charge in [0.25, 0.3) is 0 Å². The molecule has 1 atom stereocenters. The maximum Gasteiger partial charge on any atom is 0.110 e. The molecule has 0 aromatic rings. The van der Waals surface area contributed by atoms with Gasteiger partial charge in [0.15, 0.2) is 0 Å². The molecule has 2 rings (SSSR count). The van der Waals surface area contributed by atoms with Crippen molar-refractivity contribution in [1.82, 2.24) is 5.43 Å². The molecule has 0 amide bonds. The molecule has 3 nitrogen and oxygen atoms in total. The number of hydrazine groups is 1. The first kappa shape index (κ1) is 11.0. The van der Waals surface area contributed by atoms with E-state index >= 15 is 0 Å². The summed E-state index contributed by atoms with van der Waals surface area (Å²) in [6, 6.07) is 0.246. The fourth-order valence-corrected chi connectivity index (χ4v) is 2.70. The average Bonchev–Trinajstić information content (AvgIpc) is 2.81. The molecule has 3 heteroatoms. The maximum atomic E-state index is 5.60. The van der Waals surface area contributed by atoms with Crippen molar-refractivity contribution in [3.8, 4) is 0 Å². The topological polar surface area (TPSA) is 47.3 Å². The van der Waals surface area contributed by atoms with Crippen LogP contribution in [0, 0.1) is 5.92 Å². The highest BCUT2D eigenvalue weighted by atomic mass is 16.5. The molecule has 0 radical (unpaired) electrons. The molecule has 1 unspecified atom stereocenters. The maximum absolute atomic E-state index is 5.60. The fraction of sp³-hybridized carbons (Fsp3) is 0.833. The number of hydrogen-bond acceptors (Lipinski definition) is 3. The summed E-state index contributed by atoms with van der Waals surface area (Å²) in [4.78, 5) is 0. The van der Waals surface area contributed by atoms with Crippen LogP contribution in [0.4, 0.5) is 0 Å². The largest absolute Gasteiger partial charge is 0.496 e. The zero-order chi connectivity index (χ0) is 10.5. The van der Waals surface area contributed by atoms with Gasteiger partial charge >= 0.3 is 0 Å². The van der Waals surface area contributed by atoms with Gasteiger partial charge in [-0.25, -0.2) is 5.43 Å². The number of nitrogens with two attached hydrogens (primary N) is 1. The first-order valence-electron chi connectivity index (χ1n) is 6.19. The third-order valence-corrected chi connectivity index (χ3v) is 3.57. The molecule has 0 aromatic carbocycles. The van der Waals surface area contributed by atoms with Gasteiger partial charge < -0.3 is 4.74 Å². The quantitative estimate of drug-likeness (QED) is 0.552. The zero-order valence-electron chi connectivity index (χ0n) is 9.37. The predicted octanol–water partition coefficient (Wildman–Crippen LogP) is 2.09. The summed E-state index contributed by atoms with van der Waals surface area (Å²) in [6.07, 6.45) is 11.3. The average molecular weight is 210 g/mol. The highest BCUT2D eigenvalue weighted by Crippen LogP contribution is 2.29. The zero-order valence-corrected chi connectivity index (χ0v) is 9.37. The molecular weight excluding hydrogens is 188 g/mol. The first-order valence-corrected chi connectivity index (χ1v) is 6.19. The summed E-state index contributed by atoms with van der Waals surface area (Å²) in [5.74, 6) is 7.51. The highest BCUT2D eigenvalue weighted by Gasteiger charge is 2.23. The number of ether oxygens (including phenoxy) is 1. The normalized spacial score (nSPS) is 24.7. The van der Waals surface area contributed by atoms with Crippen LogP contribution in [-0.2, 0) is 4.74 Å². The van der Waals surface area contributed by atoms with Gasteiger partial charge in [-0.15, -0.1) is 0 Å². The van der Waals surface area contributed by atoms with E-state index in [0.29, 0.717) is 0 Å². The van der Waals surface area contributed by atoms with E-state index in [2.05, 4.69) is 11.5 Å². The second-order valence-corrected chi connectivity index (χ2v) is 4.70. The lowest BCUT2D eigenvalue weighted by Gasteiger charge is -2.26. The number of rotatable bonds is 4. The molecule has 1 fully saturated rings. The minimum Gasteiger partial charge on any atom is -0.496 e. The minimum atomic E-state index is 0.246. The van der Waals surface area contributed by atoms with Crippen LogP contribution in [-0.4, -0.2) is 12.6 Å². The lowest BCUT2D eigenvalue weighted by molar-refractivity contribution is 0.196. The van der Waals surface area contributed by atoms with E-state index < -0.39 is 0 Å². The van der Waals surface area contributed by atoms with Gasteiger partial charge in [-0.2, -0.15) is 0 Å². The van der Waals surface area contributed by atoms with Crippen molar-refractivity contribution in [2.75, 3.05) is 6.61 Å². The van der Waals surface area contributed by atoms with E-state index in [0.717, 1.165) is 31.1 Å². The molecule has 0 aromatic heterocycles. The molecule has 1 saturated carbocycles. The highest BCUT2D eigenvalue weighted by molar-refractivity contribution is 5.07. The molecule has 86 valence electrons. The molecule has 2 aliphatic rings. The van der Waals surface area contributed by atoms with Gasteiger partial charge in [0.05, 0.1) is 12.6 Å². The van der Waals surface area contributed by atoms with Crippen LogP contribution >= 0.6 is 0 Å². The third kappa shape index (κ3) is 2.95. The van der Waals surface area contributed by atoms with E-state index in [1.807, 2.05) is 0 Å². The summed E-state index contributed by atoms with van der Waals surface area (Å²) >= 11 is 0. The molecule has 0 bridgehead atoms. The van der Waals surface area contributed by atoms with Gasteiger partial charge in [-0.1, -0.05) is 32.1 Å². The van der Waals surface area contributed by atoms with Crippen LogP contribution < -0.4 is 11.3 Å². The summed E-state index contributed by atoms with van der Waals surface area (Å²) in [5, 5.41) is 0. The second kappa shape index (κ2) is 5.52. The van der Waals surface area contributed by atoms with Gasteiger partial charge in [-0.05, 0) is 18.4 Å². The standard InChI is InChI=1S/C12H22N2O/c13-14-11(12-7-4-8-15-12)9-10-5-2-1-3-6-10/h7,10-11,14H,1-6,8-9,13H2. The van der Waals surface area contributed by atoms with Gasteiger partial charge in [-0.3, -0.25) is 5.84 Å². The summed E-state index contributed by atoms with van der Waals surface area (Å²) in [6.45, 7) is 0.832. The Hall–Kier alpha value is -0.540. The van der Waals surface area contributed by atoms with E-state index in [-0.39, 0.29) is 6.04 Å². The molecule has 1 aliphatic carbocycles. The summed E-state index contributed by atoms with van der Waals surface area (Å²) < 4.78 is 5.57. The Morgan fingerprint density at radius 1 is 1.40 bits per heavy atom. The van der Waals surface area contributed by atoms with E-state index in [9.17, 15) is 0 Å². The van der Waals surface area contributed by atoms with Crippen molar-refractivity contribution in [2.45, 2.75) is 51.0 Å². The minimum absolute atomic E-state index is 0.246. The number of hydrogen-bond donors (Lipinski definition) is 2. The Morgan fingerprint density at radius 2 is 2.20 bits per heavy atom. The smallest absolute Gasteiger partial charge is 0.110 e. The monoisotopic (exact) mass is 210 g/mol. The van der Waals surface area contributed by atoms with Gasteiger partial charge in [0, 0.05) is 6.42 Å². The molecule has 0 saturated heterocycles. The predicted molar refractivity (Wildman–Crippen MR) is 61.0 cm³/mol. The fourth-order valence-electron chi connectivity index (χ4n) is 2.70. The van der Waals surface area contributed by atoms with Crippen molar-refractivity contribution in [2.24, 2.45) is 11.8 Å². The van der Waals surface area contributed by atoms with Crippen LogP contribution in [0.1, 0.15) is 44.9 Å². The van der Waals surface area contributed by atoms with Crippen LogP contribution in [0.15, 0.2) is 11.8 Å². The molecule has 0 spiro atoms. The SMILES string of the molecule is NNC(CC1CCCCC1)C1=CCCO1. The van der Waals surface area contributed by atoms with E-state index in [1.54, 1.807) is 0 Å². The van der Waals surface area contributed by atoms with Crippen LogP contribution in [0.25, 0.3) is 0 Å². The van der Waals surface area contributed by atoms with Crippen molar-refractivity contribution >= 4 is 0 Å².